The minimum Gasteiger partial charge on any atom is -0.493 e. The van der Waals surface area contributed by atoms with E-state index in [1.807, 2.05) is 35.7 Å². The molecule has 1 unspecified atom stereocenters. The van der Waals surface area contributed by atoms with Gasteiger partial charge >= 0.3 is 0 Å². The molecule has 1 aromatic heterocycles. The average Bonchev–Trinajstić information content (AvgIpc) is 3.29. The summed E-state index contributed by atoms with van der Waals surface area (Å²) in [5, 5.41) is 7.97. The zero-order valence-electron chi connectivity index (χ0n) is 13.4. The van der Waals surface area contributed by atoms with Crippen molar-refractivity contribution in [2.24, 2.45) is 5.10 Å². The molecule has 0 spiro atoms. The smallest absolute Gasteiger partial charge is 0.258 e. The molecule has 0 radical (unpaired) electrons. The van der Waals surface area contributed by atoms with E-state index in [0.29, 0.717) is 17.9 Å². The monoisotopic (exact) mass is 364 g/mol. The summed E-state index contributed by atoms with van der Waals surface area (Å²) in [5.41, 5.74) is 1.73. The number of para-hydroxylation sites is 1. The van der Waals surface area contributed by atoms with Crippen LogP contribution in [0.5, 0.6) is 11.5 Å². The van der Waals surface area contributed by atoms with Crippen LogP contribution in [0.25, 0.3) is 0 Å². The maximum absolute atomic E-state index is 12.3. The van der Waals surface area contributed by atoms with Crippen LogP contribution in [0.1, 0.15) is 22.9 Å². The molecule has 3 rings (SSSR count). The SMILES string of the molecule is COc1cccc(C2CC(c3cccs3)=NN2C(=O)CCl)c1OC. The zero-order chi connectivity index (χ0) is 17.1. The number of halogens is 1. The number of alkyl halides is 1. The van der Waals surface area contributed by atoms with Gasteiger partial charge in [-0.2, -0.15) is 5.10 Å². The number of thiophene rings is 1. The molecular formula is C17H17ClN2O3S. The molecular weight excluding hydrogens is 348 g/mol. The first-order valence-electron chi connectivity index (χ1n) is 7.39. The third-order valence-corrected chi connectivity index (χ3v) is 5.03. The number of rotatable bonds is 5. The van der Waals surface area contributed by atoms with Crippen LogP contribution in [0.2, 0.25) is 0 Å². The minimum absolute atomic E-state index is 0.121. The number of hydrogen-bond acceptors (Lipinski definition) is 5. The molecule has 5 nitrogen and oxygen atoms in total. The molecule has 1 amide bonds. The van der Waals surface area contributed by atoms with Crippen LogP contribution in [-0.4, -0.2) is 36.7 Å². The number of ether oxygens (including phenoxy) is 2. The van der Waals surface area contributed by atoms with Crippen LogP contribution in [0, 0.1) is 0 Å². The second kappa shape index (κ2) is 7.23. The molecule has 1 aliphatic rings. The van der Waals surface area contributed by atoms with Gasteiger partial charge in [0.1, 0.15) is 5.88 Å². The lowest BCUT2D eigenvalue weighted by atomic mass is 9.99. The fourth-order valence-electron chi connectivity index (χ4n) is 2.81. The molecule has 7 heteroatoms. The van der Waals surface area contributed by atoms with Crippen molar-refractivity contribution in [2.45, 2.75) is 12.5 Å². The predicted molar refractivity (Wildman–Crippen MR) is 95.3 cm³/mol. The van der Waals surface area contributed by atoms with E-state index in [9.17, 15) is 4.79 Å². The van der Waals surface area contributed by atoms with Crippen LogP contribution in [0.4, 0.5) is 0 Å². The molecule has 0 fully saturated rings. The normalized spacial score (nSPS) is 16.9. The van der Waals surface area contributed by atoms with Gasteiger partial charge in [-0.25, -0.2) is 5.01 Å². The van der Waals surface area contributed by atoms with Crippen molar-refractivity contribution in [1.29, 1.82) is 0 Å². The fraction of sp³-hybridized carbons (Fsp3) is 0.294. The molecule has 0 aliphatic carbocycles. The Morgan fingerprint density at radius 1 is 1.33 bits per heavy atom. The van der Waals surface area contributed by atoms with E-state index < -0.39 is 0 Å². The van der Waals surface area contributed by atoms with Gasteiger partial charge in [0.15, 0.2) is 11.5 Å². The number of hydrazone groups is 1. The molecule has 0 saturated carbocycles. The van der Waals surface area contributed by atoms with E-state index in [0.717, 1.165) is 16.2 Å². The van der Waals surface area contributed by atoms with Gasteiger partial charge in [0.2, 0.25) is 0 Å². The Balaban J connectivity index is 2.02. The first-order valence-corrected chi connectivity index (χ1v) is 8.81. The summed E-state index contributed by atoms with van der Waals surface area (Å²) in [7, 11) is 3.18. The number of amides is 1. The summed E-state index contributed by atoms with van der Waals surface area (Å²) < 4.78 is 10.9. The van der Waals surface area contributed by atoms with Gasteiger partial charge in [-0.15, -0.1) is 22.9 Å². The standard InChI is InChI=1S/C17H17ClN2O3S/c1-22-14-6-3-5-11(17(14)23-2)13-9-12(15-7-4-8-24-15)19-20(13)16(21)10-18/h3-8,13H,9-10H2,1-2H3. The molecule has 1 aromatic carbocycles. The third kappa shape index (κ3) is 2.99. The average molecular weight is 365 g/mol. The van der Waals surface area contributed by atoms with Crippen molar-refractivity contribution in [2.75, 3.05) is 20.1 Å². The molecule has 126 valence electrons. The minimum atomic E-state index is -0.265. The number of hydrogen-bond donors (Lipinski definition) is 0. The largest absolute Gasteiger partial charge is 0.493 e. The second-order valence-electron chi connectivity index (χ2n) is 5.20. The highest BCUT2D eigenvalue weighted by Crippen LogP contribution is 2.42. The summed E-state index contributed by atoms with van der Waals surface area (Å²) in [6, 6.07) is 9.33. The number of carbonyl (C=O) groups is 1. The van der Waals surface area contributed by atoms with Crippen molar-refractivity contribution in [3.8, 4) is 11.5 Å². The van der Waals surface area contributed by atoms with E-state index in [4.69, 9.17) is 21.1 Å². The maximum atomic E-state index is 12.3. The van der Waals surface area contributed by atoms with Gasteiger partial charge in [-0.1, -0.05) is 18.2 Å². The molecule has 2 heterocycles. The molecule has 2 aromatic rings. The first-order chi connectivity index (χ1) is 11.7. The number of carbonyl (C=O) groups excluding carboxylic acids is 1. The maximum Gasteiger partial charge on any atom is 0.258 e. The van der Waals surface area contributed by atoms with E-state index >= 15 is 0 Å². The summed E-state index contributed by atoms with van der Waals surface area (Å²) in [5.74, 6) is 0.875. The summed E-state index contributed by atoms with van der Waals surface area (Å²) >= 11 is 7.37. The lowest BCUT2D eigenvalue weighted by molar-refractivity contribution is -0.130. The predicted octanol–water partition coefficient (Wildman–Crippen LogP) is 3.68. The quantitative estimate of drug-likeness (QED) is 0.760. The molecule has 1 aliphatic heterocycles. The number of methoxy groups -OCH3 is 2. The van der Waals surface area contributed by atoms with Crippen LogP contribution >= 0.6 is 22.9 Å². The van der Waals surface area contributed by atoms with Gasteiger partial charge < -0.3 is 9.47 Å². The van der Waals surface area contributed by atoms with E-state index in [-0.39, 0.29) is 17.8 Å². The van der Waals surface area contributed by atoms with E-state index in [1.54, 1.807) is 25.6 Å². The van der Waals surface area contributed by atoms with Crippen molar-refractivity contribution in [1.82, 2.24) is 5.01 Å². The van der Waals surface area contributed by atoms with E-state index in [2.05, 4.69) is 5.10 Å². The Morgan fingerprint density at radius 2 is 2.17 bits per heavy atom. The Morgan fingerprint density at radius 3 is 2.79 bits per heavy atom. The molecule has 0 bridgehead atoms. The first kappa shape index (κ1) is 16.8. The van der Waals surface area contributed by atoms with Crippen molar-refractivity contribution in [3.63, 3.8) is 0 Å². The fourth-order valence-corrected chi connectivity index (χ4v) is 3.65. The third-order valence-electron chi connectivity index (χ3n) is 3.88. The summed E-state index contributed by atoms with van der Waals surface area (Å²) in [6.07, 6.45) is 0.604. The summed E-state index contributed by atoms with van der Waals surface area (Å²) in [6.45, 7) is 0. The Labute approximate surface area is 149 Å². The molecule has 0 N–H and O–H groups in total. The lowest BCUT2D eigenvalue weighted by Gasteiger charge is -2.23. The second-order valence-corrected chi connectivity index (χ2v) is 6.41. The van der Waals surface area contributed by atoms with Crippen molar-refractivity contribution >= 4 is 34.6 Å². The van der Waals surface area contributed by atoms with Crippen molar-refractivity contribution < 1.29 is 14.3 Å². The molecule has 1 atom stereocenters. The number of nitrogens with zero attached hydrogens (tertiary/aromatic N) is 2. The molecule has 24 heavy (non-hydrogen) atoms. The zero-order valence-corrected chi connectivity index (χ0v) is 14.9. The van der Waals surface area contributed by atoms with Crippen LogP contribution in [-0.2, 0) is 4.79 Å². The van der Waals surface area contributed by atoms with Crippen LogP contribution in [0.15, 0.2) is 40.8 Å². The Bertz CT molecular complexity index is 761. The highest BCUT2D eigenvalue weighted by Gasteiger charge is 2.35. The van der Waals surface area contributed by atoms with Gasteiger partial charge in [-0.3, -0.25) is 4.79 Å². The highest BCUT2D eigenvalue weighted by atomic mass is 35.5. The highest BCUT2D eigenvalue weighted by molar-refractivity contribution is 7.12. The van der Waals surface area contributed by atoms with Gasteiger partial charge in [0, 0.05) is 12.0 Å². The topological polar surface area (TPSA) is 51.1 Å². The van der Waals surface area contributed by atoms with Crippen LogP contribution < -0.4 is 9.47 Å². The van der Waals surface area contributed by atoms with Gasteiger partial charge in [-0.05, 0) is 17.5 Å². The Kier molecular flexibility index (Phi) is 5.06. The van der Waals surface area contributed by atoms with Crippen LogP contribution in [0.3, 0.4) is 0 Å². The van der Waals surface area contributed by atoms with Gasteiger partial charge in [0.25, 0.3) is 5.91 Å². The summed E-state index contributed by atoms with van der Waals surface area (Å²) in [4.78, 5) is 13.3. The Hall–Kier alpha value is -2.05. The van der Waals surface area contributed by atoms with Crippen molar-refractivity contribution in [3.05, 3.63) is 46.2 Å². The van der Waals surface area contributed by atoms with Gasteiger partial charge in [0.05, 0.1) is 30.9 Å². The molecule has 0 saturated heterocycles. The lowest BCUT2D eigenvalue weighted by Crippen LogP contribution is -2.28. The number of benzene rings is 1. The van der Waals surface area contributed by atoms with E-state index in [1.165, 1.54) is 5.01 Å².